The van der Waals surface area contributed by atoms with Gasteiger partial charge in [0.1, 0.15) is 5.54 Å². The van der Waals surface area contributed by atoms with Gasteiger partial charge in [0.05, 0.1) is 18.6 Å². The van der Waals surface area contributed by atoms with Gasteiger partial charge < -0.3 is 15.0 Å². The second-order valence-electron chi connectivity index (χ2n) is 9.77. The van der Waals surface area contributed by atoms with Crippen molar-refractivity contribution in [2.24, 2.45) is 11.8 Å². The number of aryl methyl sites for hydroxylation is 1. The number of amides is 2. The van der Waals surface area contributed by atoms with Crippen LogP contribution < -0.4 is 10.2 Å². The number of hydrogen-bond acceptors (Lipinski definition) is 4. The molecule has 5 atom stereocenters. The normalized spacial score (nSPS) is 26.6. The van der Waals surface area contributed by atoms with E-state index >= 15 is 0 Å². The van der Waals surface area contributed by atoms with E-state index in [1.807, 2.05) is 67.6 Å². The zero-order valence-electron chi connectivity index (χ0n) is 20.7. The van der Waals surface area contributed by atoms with E-state index in [2.05, 4.69) is 5.32 Å². The van der Waals surface area contributed by atoms with Crippen LogP contribution in [0.2, 0.25) is 0 Å². The summed E-state index contributed by atoms with van der Waals surface area (Å²) >= 11 is 0. The van der Waals surface area contributed by atoms with Gasteiger partial charge in [-0.15, -0.1) is 0 Å². The Balaban J connectivity index is 1.63. The molecule has 0 bridgehead atoms. The molecule has 2 aliphatic rings. The Labute approximate surface area is 211 Å². The van der Waals surface area contributed by atoms with E-state index in [4.69, 9.17) is 4.74 Å². The maximum absolute atomic E-state index is 14.4. The Kier molecular flexibility index (Phi) is 6.12. The molecule has 1 saturated carbocycles. The summed E-state index contributed by atoms with van der Waals surface area (Å²) in [6.07, 6.45) is 0. The summed E-state index contributed by atoms with van der Waals surface area (Å²) in [6.45, 7) is 5.82. The summed E-state index contributed by atoms with van der Waals surface area (Å²) in [5, 5.41) is 3.09. The molecule has 3 aromatic carbocycles. The third kappa shape index (κ3) is 3.96. The van der Waals surface area contributed by atoms with Crippen LogP contribution in [0.5, 0.6) is 0 Å². The quantitative estimate of drug-likeness (QED) is 0.525. The minimum absolute atomic E-state index is 0.202. The van der Waals surface area contributed by atoms with Gasteiger partial charge in [0.2, 0.25) is 0 Å². The molecule has 184 valence electrons. The van der Waals surface area contributed by atoms with Crippen LogP contribution in [-0.4, -0.2) is 36.0 Å². The fraction of sp³-hybridized carbons (Fsp3) is 0.300. The van der Waals surface area contributed by atoms with Gasteiger partial charge in [-0.25, -0.2) is 0 Å². The topological polar surface area (TPSA) is 75.7 Å². The Morgan fingerprint density at radius 1 is 0.944 bits per heavy atom. The van der Waals surface area contributed by atoms with Crippen molar-refractivity contribution in [2.75, 3.05) is 11.5 Å². The van der Waals surface area contributed by atoms with Gasteiger partial charge in [0, 0.05) is 23.1 Å². The average Bonchev–Trinajstić information content (AvgIpc) is 3.61. The fourth-order valence-corrected chi connectivity index (χ4v) is 5.73. The van der Waals surface area contributed by atoms with Crippen LogP contribution in [0.4, 0.5) is 5.69 Å². The molecule has 0 radical (unpaired) electrons. The first-order valence-corrected chi connectivity index (χ1v) is 12.4. The number of nitrogens with zero attached hydrogens (tertiary/aromatic N) is 1. The van der Waals surface area contributed by atoms with Crippen LogP contribution in [0.1, 0.15) is 41.3 Å². The number of esters is 1. The lowest BCUT2D eigenvalue weighted by Crippen LogP contribution is -2.65. The first-order valence-electron chi connectivity index (χ1n) is 12.4. The van der Waals surface area contributed by atoms with E-state index in [1.54, 1.807) is 43.0 Å². The summed E-state index contributed by atoms with van der Waals surface area (Å²) in [5.41, 5.74) is 1.87. The summed E-state index contributed by atoms with van der Waals surface area (Å²) in [4.78, 5) is 42.6. The molecule has 6 heteroatoms. The molecular formula is C30H30N2O4. The van der Waals surface area contributed by atoms with Gasteiger partial charge in [-0.05, 0) is 50.6 Å². The van der Waals surface area contributed by atoms with Gasteiger partial charge in [-0.2, -0.15) is 0 Å². The molecule has 1 N–H and O–H groups in total. The van der Waals surface area contributed by atoms with Crippen molar-refractivity contribution in [1.29, 1.82) is 0 Å². The Hall–Kier alpha value is -3.93. The Morgan fingerprint density at radius 3 is 2.17 bits per heavy atom. The lowest BCUT2D eigenvalue weighted by Gasteiger charge is -2.45. The molecule has 0 spiro atoms. The van der Waals surface area contributed by atoms with E-state index < -0.39 is 17.4 Å². The van der Waals surface area contributed by atoms with Gasteiger partial charge >= 0.3 is 5.97 Å². The van der Waals surface area contributed by atoms with Crippen LogP contribution in [0, 0.1) is 18.8 Å². The van der Waals surface area contributed by atoms with E-state index in [1.165, 1.54) is 0 Å². The van der Waals surface area contributed by atoms with E-state index in [-0.39, 0.29) is 36.4 Å². The molecule has 1 saturated heterocycles. The lowest BCUT2D eigenvalue weighted by atomic mass is 9.73. The molecule has 36 heavy (non-hydrogen) atoms. The molecular weight excluding hydrogens is 452 g/mol. The van der Waals surface area contributed by atoms with Crippen LogP contribution >= 0.6 is 0 Å². The zero-order chi connectivity index (χ0) is 25.4. The minimum atomic E-state index is -1.29. The predicted octanol–water partition coefficient (Wildman–Crippen LogP) is 4.49. The van der Waals surface area contributed by atoms with Crippen molar-refractivity contribution < 1.29 is 19.1 Å². The number of piperidine rings is 1. The summed E-state index contributed by atoms with van der Waals surface area (Å²) in [7, 11) is 0. The number of rotatable bonds is 6. The highest BCUT2D eigenvalue weighted by molar-refractivity contribution is 6.08. The number of hydrogen-bond donors (Lipinski definition) is 1. The van der Waals surface area contributed by atoms with Crippen molar-refractivity contribution in [3.8, 4) is 0 Å². The van der Waals surface area contributed by atoms with Crippen molar-refractivity contribution >= 4 is 23.5 Å². The number of anilines is 1. The SMILES string of the molecule is CCOC(=O)[C@H]1[C@H]2[C@@H]1N(c1ccc(C)cc1)C(=O)[C@](C)(NC(=O)c1ccccc1)[C@H]2c1ccccc1. The Morgan fingerprint density at radius 2 is 1.56 bits per heavy atom. The molecule has 3 aromatic rings. The molecule has 1 aliphatic carbocycles. The molecule has 5 rings (SSSR count). The Bertz CT molecular complexity index is 1280. The first-order chi connectivity index (χ1) is 17.4. The highest BCUT2D eigenvalue weighted by Crippen LogP contribution is 2.60. The monoisotopic (exact) mass is 482 g/mol. The predicted molar refractivity (Wildman–Crippen MR) is 138 cm³/mol. The summed E-state index contributed by atoms with van der Waals surface area (Å²) in [5.74, 6) is -1.96. The summed E-state index contributed by atoms with van der Waals surface area (Å²) < 4.78 is 5.43. The van der Waals surface area contributed by atoms with Crippen LogP contribution in [0.3, 0.4) is 0 Å². The van der Waals surface area contributed by atoms with Crippen LogP contribution in [-0.2, 0) is 14.3 Å². The molecule has 2 amide bonds. The van der Waals surface area contributed by atoms with Gasteiger partial charge in [0.15, 0.2) is 0 Å². The second kappa shape index (κ2) is 9.26. The average molecular weight is 483 g/mol. The standard InChI is InChI=1S/C30H30N2O4/c1-4-36-28(34)24-23-25(20-11-7-5-8-12-20)30(3,31-27(33)21-13-9-6-10-14-21)29(35)32(26(23)24)22-17-15-19(2)16-18-22/h5-18,23-26H,4H2,1-3H3,(H,31,33)/t23-,24+,25+,26+,30-/m1/s1. The van der Waals surface area contributed by atoms with Crippen molar-refractivity contribution in [3.63, 3.8) is 0 Å². The second-order valence-corrected chi connectivity index (χ2v) is 9.77. The third-order valence-electron chi connectivity index (χ3n) is 7.44. The highest BCUT2D eigenvalue weighted by Gasteiger charge is 2.72. The highest BCUT2D eigenvalue weighted by atomic mass is 16.5. The largest absolute Gasteiger partial charge is 0.466 e. The van der Waals surface area contributed by atoms with E-state index in [0.29, 0.717) is 11.3 Å². The van der Waals surface area contributed by atoms with Crippen LogP contribution in [0.25, 0.3) is 0 Å². The molecule has 1 aliphatic heterocycles. The molecule has 6 nitrogen and oxygen atoms in total. The third-order valence-corrected chi connectivity index (χ3v) is 7.44. The van der Waals surface area contributed by atoms with Gasteiger partial charge in [-0.3, -0.25) is 14.4 Å². The maximum Gasteiger partial charge on any atom is 0.311 e. The number of carbonyl (C=O) groups is 3. The smallest absolute Gasteiger partial charge is 0.311 e. The number of nitrogens with one attached hydrogen (secondary N) is 1. The van der Waals surface area contributed by atoms with Crippen LogP contribution in [0.15, 0.2) is 84.9 Å². The van der Waals surface area contributed by atoms with Crippen molar-refractivity contribution in [2.45, 2.75) is 38.3 Å². The lowest BCUT2D eigenvalue weighted by molar-refractivity contribution is -0.145. The van der Waals surface area contributed by atoms with Crippen molar-refractivity contribution in [1.82, 2.24) is 5.32 Å². The van der Waals surface area contributed by atoms with Gasteiger partial charge in [-0.1, -0.05) is 66.2 Å². The number of benzene rings is 3. The number of fused-ring (bicyclic) bond motifs is 1. The van der Waals surface area contributed by atoms with E-state index in [9.17, 15) is 14.4 Å². The molecule has 1 heterocycles. The van der Waals surface area contributed by atoms with Gasteiger partial charge in [0.25, 0.3) is 11.8 Å². The maximum atomic E-state index is 14.4. The van der Waals surface area contributed by atoms with E-state index in [0.717, 1.165) is 11.1 Å². The molecule has 0 aromatic heterocycles. The van der Waals surface area contributed by atoms with Crippen molar-refractivity contribution in [3.05, 3.63) is 102 Å². The zero-order valence-corrected chi connectivity index (χ0v) is 20.7. The number of carbonyl (C=O) groups excluding carboxylic acids is 3. The minimum Gasteiger partial charge on any atom is -0.466 e. The molecule has 2 fully saturated rings. The number of ether oxygens (including phenoxy) is 1. The fourth-order valence-electron chi connectivity index (χ4n) is 5.73. The first kappa shape index (κ1) is 23.8. The summed E-state index contributed by atoms with van der Waals surface area (Å²) in [6, 6.07) is 25.9. The molecule has 0 unspecified atom stereocenters.